The number of piperidine rings is 1. The largest absolute Gasteiger partial charge is 0.496 e. The average Bonchev–Trinajstić information content (AvgIpc) is 3.12. The topological polar surface area (TPSA) is 68.5 Å². The molecule has 2 aromatic rings. The molecule has 2 heterocycles. The fourth-order valence-corrected chi connectivity index (χ4v) is 3.11. The van der Waals surface area contributed by atoms with Gasteiger partial charge in [0.2, 0.25) is 11.8 Å². The van der Waals surface area contributed by atoms with Gasteiger partial charge in [0.15, 0.2) is 0 Å². The van der Waals surface area contributed by atoms with E-state index in [9.17, 15) is 4.79 Å². The van der Waals surface area contributed by atoms with Gasteiger partial charge < -0.3 is 14.1 Å². The molecule has 1 aromatic heterocycles. The van der Waals surface area contributed by atoms with Crippen molar-refractivity contribution in [1.82, 2.24) is 15.1 Å². The van der Waals surface area contributed by atoms with Gasteiger partial charge in [0.25, 0.3) is 5.89 Å². The quantitative estimate of drug-likeness (QED) is 0.842. The van der Waals surface area contributed by atoms with Crippen LogP contribution in [0.3, 0.4) is 0 Å². The molecule has 0 unspecified atom stereocenters. The molecule has 1 fully saturated rings. The van der Waals surface area contributed by atoms with Gasteiger partial charge >= 0.3 is 0 Å². The fraction of sp³-hybridized carbons (Fsp3) is 0.500. The molecular formula is C18H23N3O3. The highest BCUT2D eigenvalue weighted by Gasteiger charge is 2.28. The summed E-state index contributed by atoms with van der Waals surface area (Å²) in [4.78, 5) is 14.0. The van der Waals surface area contributed by atoms with Gasteiger partial charge in [0.1, 0.15) is 5.75 Å². The first kappa shape index (κ1) is 16.5. The van der Waals surface area contributed by atoms with Crippen molar-refractivity contribution in [1.29, 1.82) is 0 Å². The highest BCUT2D eigenvalue weighted by Crippen LogP contribution is 2.32. The molecule has 6 nitrogen and oxygen atoms in total. The molecule has 1 atom stereocenters. The molecule has 1 aliphatic rings. The summed E-state index contributed by atoms with van der Waals surface area (Å²) < 4.78 is 11.2. The molecule has 6 heteroatoms. The number of hydrogen-bond donors (Lipinski definition) is 0. The van der Waals surface area contributed by atoms with Crippen LogP contribution in [0.4, 0.5) is 0 Å². The minimum Gasteiger partial charge on any atom is -0.496 e. The van der Waals surface area contributed by atoms with Crippen molar-refractivity contribution in [3.8, 4) is 17.2 Å². The van der Waals surface area contributed by atoms with Crippen molar-refractivity contribution in [2.24, 2.45) is 0 Å². The minimum atomic E-state index is 0.107. The highest BCUT2D eigenvalue weighted by molar-refractivity contribution is 5.76. The van der Waals surface area contributed by atoms with E-state index >= 15 is 0 Å². The molecular weight excluding hydrogens is 306 g/mol. The van der Waals surface area contributed by atoms with Crippen LogP contribution in [0, 0.1) is 0 Å². The normalized spacial score (nSPS) is 17.8. The number of methoxy groups -OCH3 is 1. The smallest absolute Gasteiger partial charge is 0.251 e. The SMILES string of the molecule is CCCC(=O)N1CCC[C@H](c2nnc(-c3ccccc3OC)o2)C1. The summed E-state index contributed by atoms with van der Waals surface area (Å²) in [6.45, 7) is 3.51. The Balaban J connectivity index is 1.76. The molecule has 0 N–H and O–H groups in total. The molecule has 0 aliphatic carbocycles. The summed E-state index contributed by atoms with van der Waals surface area (Å²) >= 11 is 0. The third-order valence-electron chi connectivity index (χ3n) is 4.37. The summed E-state index contributed by atoms with van der Waals surface area (Å²) in [6, 6.07) is 7.57. The number of hydrogen-bond acceptors (Lipinski definition) is 5. The van der Waals surface area contributed by atoms with Crippen LogP contribution in [0.2, 0.25) is 0 Å². The first-order valence-corrected chi connectivity index (χ1v) is 8.47. The zero-order valence-corrected chi connectivity index (χ0v) is 14.2. The second-order valence-electron chi connectivity index (χ2n) is 6.07. The molecule has 1 saturated heterocycles. The molecule has 24 heavy (non-hydrogen) atoms. The Morgan fingerprint density at radius 1 is 1.38 bits per heavy atom. The average molecular weight is 329 g/mol. The van der Waals surface area contributed by atoms with Gasteiger partial charge in [-0.2, -0.15) is 0 Å². The van der Waals surface area contributed by atoms with Crippen LogP contribution in [-0.2, 0) is 4.79 Å². The number of benzene rings is 1. The Labute approximate surface area is 141 Å². The second kappa shape index (κ2) is 7.47. The Morgan fingerprint density at radius 3 is 3.00 bits per heavy atom. The number of likely N-dealkylation sites (tertiary alicyclic amines) is 1. The van der Waals surface area contributed by atoms with Crippen LogP contribution in [0.1, 0.15) is 44.4 Å². The third-order valence-corrected chi connectivity index (χ3v) is 4.37. The van der Waals surface area contributed by atoms with Crippen molar-refractivity contribution in [2.45, 2.75) is 38.5 Å². The lowest BCUT2D eigenvalue weighted by atomic mass is 9.97. The van der Waals surface area contributed by atoms with Crippen LogP contribution in [0.5, 0.6) is 5.75 Å². The maximum absolute atomic E-state index is 12.1. The van der Waals surface area contributed by atoms with Crippen molar-refractivity contribution in [3.05, 3.63) is 30.2 Å². The zero-order valence-electron chi connectivity index (χ0n) is 14.2. The van der Waals surface area contributed by atoms with Gasteiger partial charge in [-0.25, -0.2) is 0 Å². The summed E-state index contributed by atoms with van der Waals surface area (Å²) in [5.41, 5.74) is 0.786. The van der Waals surface area contributed by atoms with Gasteiger partial charge in [-0.15, -0.1) is 10.2 Å². The van der Waals surface area contributed by atoms with E-state index in [0.29, 0.717) is 30.5 Å². The van der Waals surface area contributed by atoms with Crippen LogP contribution in [-0.4, -0.2) is 41.2 Å². The molecule has 0 bridgehead atoms. The summed E-state index contributed by atoms with van der Waals surface area (Å²) in [7, 11) is 1.62. The first-order chi connectivity index (χ1) is 11.7. The van der Waals surface area contributed by atoms with E-state index in [1.807, 2.05) is 36.1 Å². The Hall–Kier alpha value is -2.37. The Bertz CT molecular complexity index is 698. The molecule has 128 valence electrons. The standard InChI is InChI=1S/C18H23N3O3/c1-3-7-16(22)21-11-6-8-13(12-21)17-19-20-18(24-17)14-9-4-5-10-15(14)23-2/h4-5,9-10,13H,3,6-8,11-12H2,1-2H3/t13-/m0/s1. The Morgan fingerprint density at radius 2 is 2.21 bits per heavy atom. The van der Waals surface area contributed by atoms with Gasteiger partial charge in [0, 0.05) is 19.5 Å². The molecule has 0 saturated carbocycles. The fourth-order valence-electron chi connectivity index (χ4n) is 3.11. The van der Waals surface area contributed by atoms with E-state index in [1.54, 1.807) is 7.11 Å². The number of nitrogens with zero attached hydrogens (tertiary/aromatic N) is 3. The number of rotatable bonds is 5. The molecule has 1 amide bonds. The molecule has 1 aromatic carbocycles. The summed E-state index contributed by atoms with van der Waals surface area (Å²) in [5.74, 6) is 2.09. The monoisotopic (exact) mass is 329 g/mol. The zero-order chi connectivity index (χ0) is 16.9. The molecule has 1 aliphatic heterocycles. The van der Waals surface area contributed by atoms with Crippen LogP contribution in [0.25, 0.3) is 11.5 Å². The maximum Gasteiger partial charge on any atom is 0.251 e. The third kappa shape index (κ3) is 3.42. The molecule has 0 spiro atoms. The predicted molar refractivity (Wildman–Crippen MR) is 89.7 cm³/mol. The lowest BCUT2D eigenvalue weighted by Gasteiger charge is -2.31. The van der Waals surface area contributed by atoms with Crippen LogP contribution < -0.4 is 4.74 Å². The first-order valence-electron chi connectivity index (χ1n) is 8.47. The van der Waals surface area contributed by atoms with E-state index in [0.717, 1.165) is 31.4 Å². The van der Waals surface area contributed by atoms with Gasteiger partial charge in [-0.1, -0.05) is 19.1 Å². The van der Waals surface area contributed by atoms with Crippen LogP contribution >= 0.6 is 0 Å². The number of amides is 1. The van der Waals surface area contributed by atoms with E-state index in [2.05, 4.69) is 10.2 Å². The highest BCUT2D eigenvalue weighted by atomic mass is 16.5. The lowest BCUT2D eigenvalue weighted by Crippen LogP contribution is -2.39. The predicted octanol–water partition coefficient (Wildman–Crippen LogP) is 3.25. The van der Waals surface area contributed by atoms with Crippen molar-refractivity contribution in [2.75, 3.05) is 20.2 Å². The van der Waals surface area contributed by atoms with E-state index < -0.39 is 0 Å². The van der Waals surface area contributed by atoms with Gasteiger partial charge in [-0.3, -0.25) is 4.79 Å². The summed E-state index contributed by atoms with van der Waals surface area (Å²) in [5, 5.41) is 8.40. The molecule has 0 radical (unpaired) electrons. The Kier molecular flexibility index (Phi) is 5.13. The molecule has 3 rings (SSSR count). The van der Waals surface area contributed by atoms with Gasteiger partial charge in [0.05, 0.1) is 18.6 Å². The van der Waals surface area contributed by atoms with E-state index in [4.69, 9.17) is 9.15 Å². The minimum absolute atomic E-state index is 0.107. The van der Waals surface area contributed by atoms with Crippen molar-refractivity contribution >= 4 is 5.91 Å². The number of carbonyl (C=O) groups excluding carboxylic acids is 1. The summed E-state index contributed by atoms with van der Waals surface area (Å²) in [6.07, 6.45) is 3.40. The van der Waals surface area contributed by atoms with E-state index in [-0.39, 0.29) is 11.8 Å². The van der Waals surface area contributed by atoms with Gasteiger partial charge in [-0.05, 0) is 31.4 Å². The van der Waals surface area contributed by atoms with Crippen LogP contribution in [0.15, 0.2) is 28.7 Å². The maximum atomic E-state index is 12.1. The lowest BCUT2D eigenvalue weighted by molar-refractivity contribution is -0.132. The number of carbonyl (C=O) groups is 1. The van der Waals surface area contributed by atoms with Crippen molar-refractivity contribution < 1.29 is 13.9 Å². The number of ether oxygens (including phenoxy) is 1. The number of aromatic nitrogens is 2. The van der Waals surface area contributed by atoms with E-state index in [1.165, 1.54) is 0 Å². The van der Waals surface area contributed by atoms with Crippen molar-refractivity contribution in [3.63, 3.8) is 0 Å². The second-order valence-corrected chi connectivity index (χ2v) is 6.07. The number of para-hydroxylation sites is 1.